The fourth-order valence-electron chi connectivity index (χ4n) is 8.30. The van der Waals surface area contributed by atoms with Gasteiger partial charge in [-0.05, 0) is 50.7 Å². The van der Waals surface area contributed by atoms with Gasteiger partial charge in [0.2, 0.25) is 5.78 Å². The third kappa shape index (κ3) is 5.62. The predicted octanol–water partition coefficient (Wildman–Crippen LogP) is 4.87. The zero-order chi connectivity index (χ0) is 33.3. The third-order valence-electron chi connectivity index (χ3n) is 10.4. The van der Waals surface area contributed by atoms with Gasteiger partial charge in [0.05, 0.1) is 0 Å². The number of allylic oxidation sites excluding steroid dienone is 4. The molecular formula is C33H45FO10. The zero-order valence-corrected chi connectivity index (χ0v) is 26.7. The maximum atomic E-state index is 18.0. The van der Waals surface area contributed by atoms with E-state index in [4.69, 9.17) is 19.3 Å². The molecule has 0 spiro atoms. The molecule has 0 radical (unpaired) electrons. The Bertz CT molecular complexity index is 1270. The first-order valence-electron chi connectivity index (χ1n) is 15.4. The fraction of sp³-hybridized carbons (Fsp3) is 0.697. The highest BCUT2D eigenvalue weighted by Gasteiger charge is 2.78. The summed E-state index contributed by atoms with van der Waals surface area (Å²) in [6, 6.07) is 0. The van der Waals surface area contributed by atoms with E-state index in [-0.39, 0.29) is 31.5 Å². The van der Waals surface area contributed by atoms with Gasteiger partial charge in [-0.3, -0.25) is 28.8 Å². The van der Waals surface area contributed by atoms with Crippen LogP contribution in [0.25, 0.3) is 0 Å². The van der Waals surface area contributed by atoms with Crippen molar-refractivity contribution in [2.75, 3.05) is 6.61 Å². The van der Waals surface area contributed by atoms with Crippen molar-refractivity contribution < 1.29 is 52.5 Å². The molecule has 11 heteroatoms. The molecule has 10 nitrogen and oxygen atoms in total. The van der Waals surface area contributed by atoms with Gasteiger partial charge < -0.3 is 19.3 Å². The van der Waals surface area contributed by atoms with Gasteiger partial charge in [-0.1, -0.05) is 46.3 Å². The lowest BCUT2D eigenvalue weighted by atomic mass is 9.44. The standard InChI is InChI=1S/C30H39FO8.C3H6O2/c1-7-25(35)37-16-23(34)30(39-26(36)8-2)17(3)13-22-21-10-9-19-14-20(33)11-12-27(19,5)29(21,31)24(38-18(4)32)15-28(22,30)6;1-2-3(4)5/h11-12,14,17,21-22,24H,7-10,13,15-16H2,1-6H3;2H2,1H3,(H,4,5)/t17-,21-,22-,24-,27-,28-,29?,30-;/m0./s1. The van der Waals surface area contributed by atoms with Crippen molar-refractivity contribution in [3.8, 4) is 0 Å². The predicted molar refractivity (Wildman–Crippen MR) is 156 cm³/mol. The molecule has 4 rings (SSSR count). The van der Waals surface area contributed by atoms with Crippen LogP contribution in [0.5, 0.6) is 0 Å². The largest absolute Gasteiger partial charge is 0.481 e. The molecule has 3 fully saturated rings. The quantitative estimate of drug-likeness (QED) is 0.294. The topological polar surface area (TPSA) is 150 Å². The molecule has 0 aromatic heterocycles. The van der Waals surface area contributed by atoms with Crippen LogP contribution in [0.1, 0.15) is 93.4 Å². The van der Waals surface area contributed by atoms with Gasteiger partial charge in [0.1, 0.15) is 6.10 Å². The summed E-state index contributed by atoms with van der Waals surface area (Å²) in [5.74, 6) is -4.90. The van der Waals surface area contributed by atoms with Crippen molar-refractivity contribution in [1.82, 2.24) is 0 Å². The van der Waals surface area contributed by atoms with Gasteiger partial charge in [0.25, 0.3) is 0 Å². The molecule has 0 heterocycles. The van der Waals surface area contributed by atoms with E-state index in [0.717, 1.165) is 0 Å². The molecular weight excluding hydrogens is 575 g/mol. The van der Waals surface area contributed by atoms with Crippen molar-refractivity contribution in [2.45, 2.75) is 111 Å². The number of hydrogen-bond acceptors (Lipinski definition) is 9. The number of Topliss-reactive ketones (excluding diaryl/α,β-unsaturated/α-hetero) is 1. The normalized spacial score (nSPS) is 36.7. The number of carboxylic acid groups (broad SMARTS) is 1. The smallest absolute Gasteiger partial charge is 0.306 e. The number of carbonyl (C=O) groups excluding carboxylic acids is 5. The van der Waals surface area contributed by atoms with E-state index in [9.17, 15) is 28.8 Å². The van der Waals surface area contributed by atoms with Crippen LogP contribution >= 0.6 is 0 Å². The minimum atomic E-state index is -2.06. The summed E-state index contributed by atoms with van der Waals surface area (Å²) in [5, 5.41) is 7.72. The van der Waals surface area contributed by atoms with Gasteiger partial charge in [0, 0.05) is 48.9 Å². The minimum Gasteiger partial charge on any atom is -0.481 e. The minimum absolute atomic E-state index is 0.0200. The van der Waals surface area contributed by atoms with Gasteiger partial charge in [-0.15, -0.1) is 0 Å². The molecule has 8 atom stereocenters. The van der Waals surface area contributed by atoms with Crippen molar-refractivity contribution >= 4 is 35.4 Å². The number of halogens is 1. The van der Waals surface area contributed by atoms with E-state index >= 15 is 4.39 Å². The molecule has 4 aliphatic rings. The lowest BCUT2D eigenvalue weighted by Crippen LogP contribution is -2.70. The van der Waals surface area contributed by atoms with Crippen molar-refractivity contribution in [2.24, 2.45) is 28.6 Å². The molecule has 0 aliphatic heterocycles. The Kier molecular flexibility index (Phi) is 10.3. The first-order chi connectivity index (χ1) is 20.5. The maximum Gasteiger partial charge on any atom is 0.306 e. The van der Waals surface area contributed by atoms with Crippen LogP contribution in [0.2, 0.25) is 0 Å². The summed E-state index contributed by atoms with van der Waals surface area (Å²) >= 11 is 0. The average Bonchev–Trinajstić information content (AvgIpc) is 3.18. The lowest BCUT2D eigenvalue weighted by molar-refractivity contribution is -0.235. The second-order valence-electron chi connectivity index (χ2n) is 12.7. The molecule has 4 aliphatic carbocycles. The fourth-order valence-corrected chi connectivity index (χ4v) is 8.30. The maximum absolute atomic E-state index is 18.0. The Hall–Kier alpha value is -3.37. The van der Waals surface area contributed by atoms with E-state index < -0.39 is 82.2 Å². The van der Waals surface area contributed by atoms with Crippen molar-refractivity contribution in [3.63, 3.8) is 0 Å². The number of carbonyl (C=O) groups is 6. The van der Waals surface area contributed by atoms with Gasteiger partial charge in [-0.25, -0.2) is 4.39 Å². The average molecular weight is 621 g/mol. The second kappa shape index (κ2) is 12.9. The van der Waals surface area contributed by atoms with Crippen LogP contribution in [0.15, 0.2) is 23.8 Å². The summed E-state index contributed by atoms with van der Waals surface area (Å²) in [6.07, 6.45) is 4.64. The first-order valence-corrected chi connectivity index (χ1v) is 15.4. The van der Waals surface area contributed by atoms with Crippen LogP contribution in [0.3, 0.4) is 0 Å². The number of hydrogen-bond donors (Lipinski definition) is 1. The number of carboxylic acids is 1. The van der Waals surface area contributed by atoms with Crippen molar-refractivity contribution in [3.05, 3.63) is 23.8 Å². The highest BCUT2D eigenvalue weighted by atomic mass is 19.1. The first kappa shape index (κ1) is 35.1. The van der Waals surface area contributed by atoms with E-state index in [2.05, 4.69) is 0 Å². The molecule has 0 bridgehead atoms. The van der Waals surface area contributed by atoms with Crippen LogP contribution in [0, 0.1) is 28.6 Å². The molecule has 0 saturated heterocycles. The molecule has 44 heavy (non-hydrogen) atoms. The Morgan fingerprint density at radius 2 is 1.64 bits per heavy atom. The number of alkyl halides is 1. The Morgan fingerprint density at radius 1 is 1.02 bits per heavy atom. The Labute approximate surface area is 257 Å². The summed E-state index contributed by atoms with van der Waals surface area (Å²) in [4.78, 5) is 72.6. The van der Waals surface area contributed by atoms with Gasteiger partial charge in [0.15, 0.2) is 23.7 Å². The SMILES string of the molecule is CCC(=O)O.CCC(=O)OCC(=O)[C@@]1(OC(=O)CC)[C@@H](C)C[C@H]2[C@@H]3CCC4=CC(=O)C=C[C@]4(C)C3(F)[C@@H](OC(C)=O)C[C@@]21C. The van der Waals surface area contributed by atoms with E-state index in [0.29, 0.717) is 24.8 Å². The number of rotatable bonds is 8. The highest BCUT2D eigenvalue weighted by Crippen LogP contribution is 2.72. The third-order valence-corrected chi connectivity index (χ3v) is 10.4. The number of aliphatic carboxylic acids is 1. The van der Waals surface area contributed by atoms with E-state index in [1.165, 1.54) is 19.1 Å². The molecule has 0 aromatic rings. The van der Waals surface area contributed by atoms with Gasteiger partial charge in [-0.2, -0.15) is 0 Å². The summed E-state index contributed by atoms with van der Waals surface area (Å²) < 4.78 is 35.0. The summed E-state index contributed by atoms with van der Waals surface area (Å²) in [6.45, 7) is 10.8. The highest BCUT2D eigenvalue weighted by molar-refractivity contribution is 6.01. The van der Waals surface area contributed by atoms with Crippen molar-refractivity contribution in [1.29, 1.82) is 0 Å². The van der Waals surface area contributed by atoms with Crippen LogP contribution in [0.4, 0.5) is 4.39 Å². The molecule has 0 aromatic carbocycles. The number of ketones is 2. The molecule has 1 unspecified atom stereocenters. The van der Waals surface area contributed by atoms with Gasteiger partial charge >= 0.3 is 23.9 Å². The Balaban J connectivity index is 0.000000978. The molecule has 3 saturated carbocycles. The second-order valence-corrected chi connectivity index (χ2v) is 12.7. The van der Waals surface area contributed by atoms with Crippen LogP contribution in [-0.2, 0) is 43.0 Å². The van der Waals surface area contributed by atoms with Crippen LogP contribution < -0.4 is 0 Å². The van der Waals surface area contributed by atoms with E-state index in [1.54, 1.807) is 33.8 Å². The van der Waals surface area contributed by atoms with Crippen LogP contribution in [-0.4, -0.2) is 64.5 Å². The number of ether oxygens (including phenoxy) is 3. The number of fused-ring (bicyclic) bond motifs is 5. The molecule has 1 N–H and O–H groups in total. The summed E-state index contributed by atoms with van der Waals surface area (Å²) in [7, 11) is 0. The van der Waals surface area contributed by atoms with E-state index in [1.807, 2.05) is 13.8 Å². The lowest BCUT2D eigenvalue weighted by Gasteiger charge is -2.63. The zero-order valence-electron chi connectivity index (χ0n) is 26.7. The summed E-state index contributed by atoms with van der Waals surface area (Å²) in [5.41, 5.74) is -5.41. The molecule has 244 valence electrons. The monoisotopic (exact) mass is 620 g/mol. The Morgan fingerprint density at radius 3 is 2.18 bits per heavy atom. The number of esters is 3. The molecule has 0 amide bonds.